The zero-order chi connectivity index (χ0) is 44.2. The molecular formula is C57H109NO3. The molecule has 0 aromatic heterocycles. The largest absolute Gasteiger partial charge is 0.394 e. The molecule has 0 spiro atoms. The summed E-state index contributed by atoms with van der Waals surface area (Å²) in [5.41, 5.74) is 0. The zero-order valence-corrected chi connectivity index (χ0v) is 41.4. The average molecular weight is 857 g/mol. The molecule has 0 aliphatic heterocycles. The van der Waals surface area contributed by atoms with Gasteiger partial charge in [-0.15, -0.1) is 0 Å². The van der Waals surface area contributed by atoms with Gasteiger partial charge in [0.2, 0.25) is 5.91 Å². The standard InChI is InChI=1S/C57H109NO3/c1-3-5-7-9-11-13-15-17-19-20-21-22-23-24-25-26-27-28-29-30-31-32-33-34-35-36-37-38-39-41-43-45-47-49-51-53-57(61)58-55(54-59)56(60)52-50-48-46-44-42-40-18-16-14-12-10-8-6-4-2/h26-27,42,44,50,52,55-56,59-60H,3-25,28-41,43,45-49,51,53-54H2,1-2H3,(H,58,61)/b27-26-,44-42+,52-50+. The lowest BCUT2D eigenvalue weighted by atomic mass is 10.0. The molecule has 0 radical (unpaired) electrons. The second-order valence-electron chi connectivity index (χ2n) is 19.0. The van der Waals surface area contributed by atoms with Crippen LogP contribution < -0.4 is 5.32 Å². The van der Waals surface area contributed by atoms with E-state index in [0.29, 0.717) is 6.42 Å². The number of carbonyl (C=O) groups is 1. The Hall–Kier alpha value is -1.39. The van der Waals surface area contributed by atoms with Crippen LogP contribution in [0.25, 0.3) is 0 Å². The van der Waals surface area contributed by atoms with E-state index in [1.807, 2.05) is 6.08 Å². The Morgan fingerprint density at radius 1 is 0.377 bits per heavy atom. The molecule has 0 rings (SSSR count). The van der Waals surface area contributed by atoms with Crippen molar-refractivity contribution in [2.24, 2.45) is 0 Å². The fourth-order valence-electron chi connectivity index (χ4n) is 8.60. The van der Waals surface area contributed by atoms with E-state index >= 15 is 0 Å². The summed E-state index contributed by atoms with van der Waals surface area (Å²) in [4.78, 5) is 12.4. The zero-order valence-electron chi connectivity index (χ0n) is 41.4. The second kappa shape index (κ2) is 53.0. The van der Waals surface area contributed by atoms with Crippen LogP contribution in [0.5, 0.6) is 0 Å². The summed E-state index contributed by atoms with van der Waals surface area (Å²) in [6.45, 7) is 4.31. The van der Waals surface area contributed by atoms with Crippen LogP contribution in [0.1, 0.15) is 303 Å². The number of hydrogen-bond donors (Lipinski definition) is 3. The molecule has 0 heterocycles. The average Bonchev–Trinajstić information content (AvgIpc) is 3.26. The van der Waals surface area contributed by atoms with E-state index in [2.05, 4.69) is 43.5 Å². The highest BCUT2D eigenvalue weighted by Gasteiger charge is 2.18. The lowest BCUT2D eigenvalue weighted by molar-refractivity contribution is -0.123. The summed E-state index contributed by atoms with van der Waals surface area (Å²) in [6, 6.07) is -0.637. The maximum absolute atomic E-state index is 12.4. The van der Waals surface area contributed by atoms with E-state index in [-0.39, 0.29) is 12.5 Å². The number of carbonyl (C=O) groups excluding carboxylic acids is 1. The number of rotatable bonds is 51. The molecule has 360 valence electrons. The molecule has 0 aliphatic rings. The Bertz CT molecular complexity index is 928. The maximum atomic E-state index is 12.4. The number of amides is 1. The van der Waals surface area contributed by atoms with Crippen LogP contribution in [0.4, 0.5) is 0 Å². The molecule has 61 heavy (non-hydrogen) atoms. The highest BCUT2D eigenvalue weighted by atomic mass is 16.3. The number of aliphatic hydroxyl groups is 2. The molecule has 2 unspecified atom stereocenters. The van der Waals surface area contributed by atoms with Crippen molar-refractivity contribution in [3.8, 4) is 0 Å². The normalized spacial score (nSPS) is 13.0. The smallest absolute Gasteiger partial charge is 0.220 e. The van der Waals surface area contributed by atoms with E-state index in [0.717, 1.165) is 32.1 Å². The van der Waals surface area contributed by atoms with Crippen molar-refractivity contribution >= 4 is 5.91 Å². The van der Waals surface area contributed by atoms with Gasteiger partial charge in [-0.3, -0.25) is 4.79 Å². The second-order valence-corrected chi connectivity index (χ2v) is 19.0. The first-order valence-corrected chi connectivity index (χ1v) is 27.7. The van der Waals surface area contributed by atoms with Gasteiger partial charge in [0.15, 0.2) is 0 Å². The Labute approximate surface area is 382 Å². The molecule has 0 aromatic rings. The molecule has 0 fully saturated rings. The molecule has 0 saturated carbocycles. The maximum Gasteiger partial charge on any atom is 0.220 e. The van der Waals surface area contributed by atoms with Gasteiger partial charge in [-0.05, 0) is 57.8 Å². The van der Waals surface area contributed by atoms with Crippen molar-refractivity contribution in [2.75, 3.05) is 6.61 Å². The van der Waals surface area contributed by atoms with Crippen LogP contribution in [-0.4, -0.2) is 34.9 Å². The number of nitrogens with one attached hydrogen (secondary N) is 1. The molecule has 1 amide bonds. The van der Waals surface area contributed by atoms with Gasteiger partial charge in [0.25, 0.3) is 0 Å². The van der Waals surface area contributed by atoms with Gasteiger partial charge in [-0.1, -0.05) is 275 Å². The van der Waals surface area contributed by atoms with Crippen LogP contribution in [0.3, 0.4) is 0 Å². The molecule has 4 nitrogen and oxygen atoms in total. The van der Waals surface area contributed by atoms with Crippen LogP contribution in [-0.2, 0) is 4.79 Å². The van der Waals surface area contributed by atoms with Crippen LogP contribution in [0.15, 0.2) is 36.5 Å². The third-order valence-corrected chi connectivity index (χ3v) is 12.8. The summed E-state index contributed by atoms with van der Waals surface area (Å²) in [5, 5.41) is 23.0. The van der Waals surface area contributed by atoms with E-state index < -0.39 is 12.1 Å². The molecule has 0 bridgehead atoms. The third kappa shape index (κ3) is 49.5. The van der Waals surface area contributed by atoms with Gasteiger partial charge >= 0.3 is 0 Å². The predicted octanol–water partition coefficient (Wildman–Crippen LogP) is 18.1. The molecule has 2 atom stereocenters. The third-order valence-electron chi connectivity index (χ3n) is 12.8. The van der Waals surface area contributed by atoms with Gasteiger partial charge < -0.3 is 15.5 Å². The summed E-state index contributed by atoms with van der Waals surface area (Å²) in [5.74, 6) is -0.0703. The molecular weight excluding hydrogens is 747 g/mol. The molecule has 0 aromatic carbocycles. The van der Waals surface area contributed by atoms with E-state index in [1.54, 1.807) is 6.08 Å². The van der Waals surface area contributed by atoms with Crippen molar-refractivity contribution in [3.63, 3.8) is 0 Å². The van der Waals surface area contributed by atoms with Crippen molar-refractivity contribution in [3.05, 3.63) is 36.5 Å². The molecule has 3 N–H and O–H groups in total. The first-order valence-electron chi connectivity index (χ1n) is 27.7. The summed E-state index contributed by atoms with van der Waals surface area (Å²) in [6.07, 6.45) is 71.8. The fraction of sp³-hybridized carbons (Fsp3) is 0.877. The van der Waals surface area contributed by atoms with Gasteiger partial charge in [-0.2, -0.15) is 0 Å². The lowest BCUT2D eigenvalue weighted by Gasteiger charge is -2.19. The number of allylic oxidation sites excluding steroid dienone is 5. The van der Waals surface area contributed by atoms with Gasteiger partial charge in [-0.25, -0.2) is 0 Å². The minimum Gasteiger partial charge on any atom is -0.394 e. The fourth-order valence-corrected chi connectivity index (χ4v) is 8.60. The highest BCUT2D eigenvalue weighted by molar-refractivity contribution is 5.76. The number of aliphatic hydroxyl groups excluding tert-OH is 2. The van der Waals surface area contributed by atoms with Crippen LogP contribution >= 0.6 is 0 Å². The van der Waals surface area contributed by atoms with E-state index in [9.17, 15) is 15.0 Å². The van der Waals surface area contributed by atoms with Gasteiger partial charge in [0, 0.05) is 6.42 Å². The predicted molar refractivity (Wildman–Crippen MR) is 272 cm³/mol. The SMILES string of the molecule is CCCCCCCCCC/C=C/CC/C=C/C(O)C(CO)NC(=O)CCCCCCCCCCCCCCCCCCC/C=C\CCCCCCCCCCCCCCCC. The van der Waals surface area contributed by atoms with Crippen molar-refractivity contribution in [1.82, 2.24) is 5.32 Å². The molecule has 0 aliphatic carbocycles. The first kappa shape index (κ1) is 59.6. The van der Waals surface area contributed by atoms with Crippen LogP contribution in [0.2, 0.25) is 0 Å². The Morgan fingerprint density at radius 3 is 0.951 bits per heavy atom. The summed E-state index contributed by atoms with van der Waals surface area (Å²) >= 11 is 0. The molecule has 4 heteroatoms. The lowest BCUT2D eigenvalue weighted by Crippen LogP contribution is -2.45. The van der Waals surface area contributed by atoms with E-state index in [1.165, 1.54) is 250 Å². The van der Waals surface area contributed by atoms with Crippen molar-refractivity contribution < 1.29 is 15.0 Å². The van der Waals surface area contributed by atoms with Gasteiger partial charge in [0.1, 0.15) is 0 Å². The van der Waals surface area contributed by atoms with Crippen molar-refractivity contribution in [1.29, 1.82) is 0 Å². The highest BCUT2D eigenvalue weighted by Crippen LogP contribution is 2.17. The Balaban J connectivity index is 3.42. The number of unbranched alkanes of at least 4 members (excludes halogenated alkanes) is 40. The first-order chi connectivity index (χ1) is 30.2. The van der Waals surface area contributed by atoms with Crippen molar-refractivity contribution in [2.45, 2.75) is 315 Å². The monoisotopic (exact) mass is 856 g/mol. The minimum absolute atomic E-state index is 0.0703. The Kier molecular flexibility index (Phi) is 51.7. The Morgan fingerprint density at radius 2 is 0.639 bits per heavy atom. The summed E-state index contributed by atoms with van der Waals surface area (Å²) < 4.78 is 0. The quantitative estimate of drug-likeness (QED) is 0.0422. The van der Waals surface area contributed by atoms with E-state index in [4.69, 9.17) is 0 Å². The minimum atomic E-state index is -0.860. The topological polar surface area (TPSA) is 69.6 Å². The molecule has 0 saturated heterocycles. The number of hydrogen-bond acceptors (Lipinski definition) is 3. The van der Waals surface area contributed by atoms with Crippen LogP contribution in [0, 0.1) is 0 Å². The summed E-state index contributed by atoms with van der Waals surface area (Å²) in [7, 11) is 0. The van der Waals surface area contributed by atoms with Gasteiger partial charge in [0.05, 0.1) is 18.8 Å².